The molecule has 0 bridgehead atoms. The molecule has 0 saturated carbocycles. The Labute approximate surface area is 251 Å². The average Bonchev–Trinajstić information content (AvgIpc) is 3.65. The summed E-state index contributed by atoms with van der Waals surface area (Å²) in [4.78, 5) is 29.6. The number of benzene rings is 2. The third-order valence-electron chi connectivity index (χ3n) is 8.04. The van der Waals surface area contributed by atoms with Gasteiger partial charge in [0, 0.05) is 60.1 Å². The molecule has 0 spiro atoms. The fraction of sp³-hybridized carbons (Fsp3) is 0.273. The molecule has 1 aliphatic rings. The van der Waals surface area contributed by atoms with E-state index in [1.807, 2.05) is 23.2 Å². The summed E-state index contributed by atoms with van der Waals surface area (Å²) in [5.41, 5.74) is 4.78. The van der Waals surface area contributed by atoms with Crippen LogP contribution in [0, 0.1) is 6.92 Å². The number of piperidine rings is 1. The first-order valence-corrected chi connectivity index (χ1v) is 15.1. The first kappa shape index (κ1) is 28.8. The lowest BCUT2D eigenvalue weighted by molar-refractivity contribution is -0.137. The molecule has 6 nitrogen and oxygen atoms in total. The summed E-state index contributed by atoms with van der Waals surface area (Å²) in [6, 6.07) is 16.0. The van der Waals surface area contributed by atoms with Crippen LogP contribution in [0.5, 0.6) is 0 Å². The number of alkyl halides is 3. The zero-order valence-electron chi connectivity index (χ0n) is 23.8. The van der Waals surface area contributed by atoms with Crippen LogP contribution in [-0.2, 0) is 12.7 Å². The standard InChI is InChI=1S/C33H30F3N5OS/c1-3-41-21(2)29(24-7-6-16-37-19-24)39-30(41)28-20-43-31(38-28)23-14-17-40(18-15-23)32(42)27-9-5-4-8-26(27)22-10-12-25(13-11-22)33(34,35)36/h4-13,16,19-20,23H,3,14-15,17-18H2,1-2H3. The molecule has 0 unspecified atom stereocenters. The smallest absolute Gasteiger partial charge is 0.339 e. The molecule has 0 aliphatic carbocycles. The Balaban J connectivity index is 1.16. The van der Waals surface area contributed by atoms with E-state index in [9.17, 15) is 18.0 Å². The maximum atomic E-state index is 13.6. The number of carbonyl (C=O) groups excluding carboxylic acids is 1. The number of rotatable bonds is 6. The van der Waals surface area contributed by atoms with Crippen molar-refractivity contribution in [3.63, 3.8) is 0 Å². The number of thiazole rings is 1. The van der Waals surface area contributed by atoms with Crippen LogP contribution in [0.15, 0.2) is 78.4 Å². The van der Waals surface area contributed by atoms with E-state index < -0.39 is 11.7 Å². The number of hydrogen-bond donors (Lipinski definition) is 0. The summed E-state index contributed by atoms with van der Waals surface area (Å²) < 4.78 is 41.4. The van der Waals surface area contributed by atoms with Gasteiger partial charge in [0.25, 0.3) is 5.91 Å². The number of nitrogens with zero attached hydrogens (tertiary/aromatic N) is 5. The van der Waals surface area contributed by atoms with Crippen molar-refractivity contribution in [3.05, 3.63) is 100 Å². The monoisotopic (exact) mass is 601 g/mol. The number of likely N-dealkylation sites (tertiary alicyclic amines) is 1. The van der Waals surface area contributed by atoms with Gasteiger partial charge < -0.3 is 9.47 Å². The lowest BCUT2D eigenvalue weighted by Crippen LogP contribution is -2.38. The zero-order chi connectivity index (χ0) is 30.1. The summed E-state index contributed by atoms with van der Waals surface area (Å²) >= 11 is 1.63. The number of aromatic nitrogens is 4. The zero-order valence-corrected chi connectivity index (χ0v) is 24.6. The first-order valence-electron chi connectivity index (χ1n) is 14.2. The molecule has 0 atom stereocenters. The highest BCUT2D eigenvalue weighted by Gasteiger charge is 2.31. The summed E-state index contributed by atoms with van der Waals surface area (Å²) in [6.45, 7) is 6.09. The Morgan fingerprint density at radius 3 is 2.40 bits per heavy atom. The molecule has 3 aromatic heterocycles. The molecule has 10 heteroatoms. The van der Waals surface area contributed by atoms with E-state index in [4.69, 9.17) is 9.97 Å². The van der Waals surface area contributed by atoms with Crippen LogP contribution in [0.4, 0.5) is 13.2 Å². The number of amides is 1. The highest BCUT2D eigenvalue weighted by molar-refractivity contribution is 7.10. The lowest BCUT2D eigenvalue weighted by atomic mass is 9.94. The average molecular weight is 602 g/mol. The fourth-order valence-corrected chi connectivity index (χ4v) is 6.70. The van der Waals surface area contributed by atoms with Gasteiger partial charge in [-0.05, 0) is 68.1 Å². The van der Waals surface area contributed by atoms with Crippen molar-refractivity contribution in [2.24, 2.45) is 0 Å². The van der Waals surface area contributed by atoms with Crippen molar-refractivity contribution in [1.82, 2.24) is 24.4 Å². The van der Waals surface area contributed by atoms with E-state index in [0.29, 0.717) is 29.8 Å². The topological polar surface area (TPSA) is 63.9 Å². The normalized spacial score (nSPS) is 14.3. The van der Waals surface area contributed by atoms with Gasteiger partial charge in [-0.1, -0.05) is 30.3 Å². The van der Waals surface area contributed by atoms with Crippen LogP contribution in [0.25, 0.3) is 33.9 Å². The number of imidazole rings is 1. The van der Waals surface area contributed by atoms with E-state index in [-0.39, 0.29) is 11.8 Å². The van der Waals surface area contributed by atoms with Crippen molar-refractivity contribution >= 4 is 17.2 Å². The Kier molecular flexibility index (Phi) is 7.87. The van der Waals surface area contributed by atoms with E-state index in [1.165, 1.54) is 12.1 Å². The predicted molar refractivity (Wildman–Crippen MR) is 162 cm³/mol. The molecule has 1 saturated heterocycles. The summed E-state index contributed by atoms with van der Waals surface area (Å²) in [5, 5.41) is 3.10. The highest BCUT2D eigenvalue weighted by Crippen LogP contribution is 2.36. The number of pyridine rings is 1. The van der Waals surface area contributed by atoms with Crippen LogP contribution >= 0.6 is 11.3 Å². The van der Waals surface area contributed by atoms with Gasteiger partial charge in [0.05, 0.1) is 16.3 Å². The molecule has 4 heterocycles. The summed E-state index contributed by atoms with van der Waals surface area (Å²) in [7, 11) is 0. The van der Waals surface area contributed by atoms with Crippen molar-refractivity contribution in [2.75, 3.05) is 13.1 Å². The minimum Gasteiger partial charge on any atom is -0.339 e. The Morgan fingerprint density at radius 2 is 1.72 bits per heavy atom. The largest absolute Gasteiger partial charge is 0.416 e. The van der Waals surface area contributed by atoms with Gasteiger partial charge in [0.1, 0.15) is 5.69 Å². The third kappa shape index (κ3) is 5.71. The molecule has 6 rings (SSSR count). The van der Waals surface area contributed by atoms with Crippen LogP contribution in [0.3, 0.4) is 0 Å². The fourth-order valence-electron chi connectivity index (χ4n) is 5.73. The SMILES string of the molecule is CCn1c(-c2csc(C3CCN(C(=O)c4ccccc4-c4ccc(C(F)(F)F)cc4)CC3)n2)nc(-c2cccnc2)c1C. The second kappa shape index (κ2) is 11.8. The van der Waals surface area contributed by atoms with E-state index in [1.54, 1.807) is 41.8 Å². The van der Waals surface area contributed by atoms with Gasteiger partial charge in [0.15, 0.2) is 5.82 Å². The Morgan fingerprint density at radius 1 is 0.977 bits per heavy atom. The Bertz CT molecular complexity index is 1740. The molecule has 43 heavy (non-hydrogen) atoms. The molecule has 0 N–H and O–H groups in total. The Hall–Kier alpha value is -4.31. The highest BCUT2D eigenvalue weighted by atomic mass is 32.1. The predicted octanol–water partition coefficient (Wildman–Crippen LogP) is 8.10. The molecule has 1 aliphatic heterocycles. The van der Waals surface area contributed by atoms with Crippen molar-refractivity contribution < 1.29 is 18.0 Å². The molecular formula is C33H30F3N5OS. The minimum absolute atomic E-state index is 0.114. The molecule has 2 aromatic carbocycles. The van der Waals surface area contributed by atoms with Crippen LogP contribution < -0.4 is 0 Å². The molecule has 1 fully saturated rings. The van der Waals surface area contributed by atoms with E-state index in [0.717, 1.165) is 65.0 Å². The number of carbonyl (C=O) groups is 1. The van der Waals surface area contributed by atoms with Gasteiger partial charge in [-0.2, -0.15) is 13.2 Å². The summed E-state index contributed by atoms with van der Waals surface area (Å²) in [6.07, 6.45) is 0.727. The third-order valence-corrected chi connectivity index (χ3v) is 9.04. The maximum Gasteiger partial charge on any atom is 0.416 e. The van der Waals surface area contributed by atoms with Crippen LogP contribution in [0.1, 0.15) is 52.3 Å². The number of halogens is 3. The molecule has 0 radical (unpaired) electrons. The number of hydrogen-bond acceptors (Lipinski definition) is 5. The van der Waals surface area contributed by atoms with Crippen molar-refractivity contribution in [1.29, 1.82) is 0 Å². The molecule has 5 aromatic rings. The van der Waals surface area contributed by atoms with Gasteiger partial charge in [-0.3, -0.25) is 9.78 Å². The quantitative estimate of drug-likeness (QED) is 0.197. The first-order chi connectivity index (χ1) is 20.7. The van der Waals surface area contributed by atoms with Gasteiger partial charge in [0.2, 0.25) is 0 Å². The molecule has 220 valence electrons. The van der Waals surface area contributed by atoms with Crippen LogP contribution in [0.2, 0.25) is 0 Å². The van der Waals surface area contributed by atoms with Crippen molar-refractivity contribution in [2.45, 2.75) is 45.3 Å². The molecule has 1 amide bonds. The summed E-state index contributed by atoms with van der Waals surface area (Å²) in [5.74, 6) is 0.961. The van der Waals surface area contributed by atoms with Gasteiger partial charge in [-0.15, -0.1) is 11.3 Å². The molecular weight excluding hydrogens is 571 g/mol. The van der Waals surface area contributed by atoms with Gasteiger partial charge >= 0.3 is 6.18 Å². The van der Waals surface area contributed by atoms with E-state index in [2.05, 4.69) is 28.8 Å². The lowest BCUT2D eigenvalue weighted by Gasteiger charge is -2.31. The van der Waals surface area contributed by atoms with Crippen LogP contribution in [-0.4, -0.2) is 43.4 Å². The minimum atomic E-state index is -4.41. The second-order valence-electron chi connectivity index (χ2n) is 10.6. The van der Waals surface area contributed by atoms with Crippen molar-refractivity contribution in [3.8, 4) is 33.9 Å². The van der Waals surface area contributed by atoms with E-state index >= 15 is 0 Å². The second-order valence-corrected chi connectivity index (χ2v) is 11.5. The maximum absolute atomic E-state index is 13.6. The van der Waals surface area contributed by atoms with Gasteiger partial charge in [-0.25, -0.2) is 9.97 Å².